The zero-order chi connectivity index (χ0) is 15.5. The van der Waals surface area contributed by atoms with E-state index in [1.165, 1.54) is 4.90 Å². The quantitative estimate of drug-likeness (QED) is 0.561. The first-order valence-electron chi connectivity index (χ1n) is 7.04. The van der Waals surface area contributed by atoms with Gasteiger partial charge in [-0.2, -0.15) is 0 Å². The van der Waals surface area contributed by atoms with Crippen molar-refractivity contribution in [1.29, 1.82) is 0 Å². The van der Waals surface area contributed by atoms with E-state index in [1.54, 1.807) is 11.9 Å². The van der Waals surface area contributed by atoms with Gasteiger partial charge < -0.3 is 4.90 Å². The van der Waals surface area contributed by atoms with Crippen molar-refractivity contribution in [3.05, 3.63) is 0 Å². The largest absolute Gasteiger partial charge is 0.326 e. The highest BCUT2D eigenvalue weighted by atomic mass is 32.2. The third kappa shape index (κ3) is 3.70. The molecule has 1 aromatic heterocycles. The Labute approximate surface area is 128 Å². The van der Waals surface area contributed by atoms with Gasteiger partial charge in [0, 0.05) is 20.1 Å². The molecular weight excluding hydrogens is 312 g/mol. The number of sulfone groups is 1. The van der Waals surface area contributed by atoms with Gasteiger partial charge in [-0.05, 0) is 6.42 Å². The normalized spacial score (nSPS) is 16.0. The summed E-state index contributed by atoms with van der Waals surface area (Å²) in [6.45, 7) is 3.20. The molecule has 9 heteroatoms. The number of carbonyl (C=O) groups is 1. The molecule has 0 spiro atoms. The smallest absolute Gasteiger partial charge is 0.326 e. The van der Waals surface area contributed by atoms with Crippen LogP contribution in [0, 0.1) is 0 Å². The van der Waals surface area contributed by atoms with Crippen LogP contribution in [0.4, 0.5) is 9.93 Å². The van der Waals surface area contributed by atoms with Crippen LogP contribution in [0.1, 0.15) is 32.6 Å². The molecule has 0 aliphatic carbocycles. The third-order valence-electron chi connectivity index (χ3n) is 3.38. The molecule has 0 atom stereocenters. The van der Waals surface area contributed by atoms with Crippen LogP contribution >= 0.6 is 11.3 Å². The van der Waals surface area contributed by atoms with E-state index in [9.17, 15) is 13.2 Å². The number of unbranched alkanes of at least 4 members (excludes halogenated alkanes) is 3. The lowest BCUT2D eigenvalue weighted by atomic mass is 10.2. The van der Waals surface area contributed by atoms with E-state index in [-0.39, 0.29) is 16.1 Å². The summed E-state index contributed by atoms with van der Waals surface area (Å²) in [4.78, 5) is 14.9. The standard InChI is InChI=1S/C12H20N4O3S2/c1-3-4-5-6-9-21(18,19)11-14-13-10(20-11)16-8-7-15(2)12(16)17/h3-9H2,1-2H3. The Bertz CT molecular complexity index is 599. The number of aromatic nitrogens is 2. The highest BCUT2D eigenvalue weighted by Gasteiger charge is 2.31. The number of urea groups is 1. The van der Waals surface area contributed by atoms with Gasteiger partial charge in [0.2, 0.25) is 19.3 Å². The summed E-state index contributed by atoms with van der Waals surface area (Å²) in [5.74, 6) is 0.0927. The Morgan fingerprint density at radius 2 is 1.95 bits per heavy atom. The fourth-order valence-electron chi connectivity index (χ4n) is 2.07. The second-order valence-electron chi connectivity index (χ2n) is 5.09. The maximum atomic E-state index is 12.2. The first kappa shape index (κ1) is 16.2. The molecule has 1 aliphatic heterocycles. The predicted molar refractivity (Wildman–Crippen MR) is 81.5 cm³/mol. The van der Waals surface area contributed by atoms with E-state index in [0.29, 0.717) is 24.6 Å². The van der Waals surface area contributed by atoms with Crippen LogP contribution in [-0.4, -0.2) is 55.4 Å². The second kappa shape index (κ2) is 6.69. The molecular formula is C12H20N4O3S2. The first-order chi connectivity index (χ1) is 9.95. The van der Waals surface area contributed by atoms with Crippen molar-refractivity contribution in [2.24, 2.45) is 0 Å². The molecule has 21 heavy (non-hydrogen) atoms. The lowest BCUT2D eigenvalue weighted by Gasteiger charge is -2.10. The molecule has 118 valence electrons. The maximum Gasteiger partial charge on any atom is 0.326 e. The van der Waals surface area contributed by atoms with E-state index >= 15 is 0 Å². The molecule has 0 radical (unpaired) electrons. The van der Waals surface area contributed by atoms with E-state index in [1.807, 2.05) is 0 Å². The second-order valence-corrected chi connectivity index (χ2v) is 8.32. The van der Waals surface area contributed by atoms with Crippen molar-refractivity contribution in [3.63, 3.8) is 0 Å². The minimum atomic E-state index is -3.39. The van der Waals surface area contributed by atoms with Crippen LogP contribution in [0.25, 0.3) is 0 Å². The summed E-state index contributed by atoms with van der Waals surface area (Å²) in [7, 11) is -1.68. The minimum absolute atomic E-state index is 0.0105. The van der Waals surface area contributed by atoms with Crippen LogP contribution in [0.5, 0.6) is 0 Å². The SMILES string of the molecule is CCCCCCS(=O)(=O)c1nnc(N2CCN(C)C2=O)s1. The lowest BCUT2D eigenvalue weighted by Crippen LogP contribution is -2.29. The Kier molecular flexibility index (Phi) is 5.15. The summed E-state index contributed by atoms with van der Waals surface area (Å²) in [6, 6.07) is -0.168. The Hall–Kier alpha value is -1.22. The van der Waals surface area contributed by atoms with Crippen molar-refractivity contribution in [1.82, 2.24) is 15.1 Å². The summed E-state index contributed by atoms with van der Waals surface area (Å²) in [5, 5.41) is 7.98. The van der Waals surface area contributed by atoms with Gasteiger partial charge in [0.05, 0.1) is 5.75 Å². The minimum Gasteiger partial charge on any atom is -0.326 e. The average molecular weight is 332 g/mol. The summed E-state index contributed by atoms with van der Waals surface area (Å²) >= 11 is 0.975. The highest BCUT2D eigenvalue weighted by molar-refractivity contribution is 7.93. The number of carbonyl (C=O) groups excluding carboxylic acids is 1. The third-order valence-corrected chi connectivity index (χ3v) is 6.57. The van der Waals surface area contributed by atoms with Crippen molar-refractivity contribution in [3.8, 4) is 0 Å². The Balaban J connectivity index is 2.03. The van der Waals surface area contributed by atoms with Gasteiger partial charge in [-0.1, -0.05) is 37.5 Å². The van der Waals surface area contributed by atoms with Crippen LogP contribution in [0.2, 0.25) is 0 Å². The molecule has 0 unspecified atom stereocenters. The van der Waals surface area contributed by atoms with Crippen molar-refractivity contribution < 1.29 is 13.2 Å². The van der Waals surface area contributed by atoms with Gasteiger partial charge in [0.1, 0.15) is 0 Å². The molecule has 0 aromatic carbocycles. The van der Waals surface area contributed by atoms with E-state index in [0.717, 1.165) is 30.6 Å². The Morgan fingerprint density at radius 3 is 2.57 bits per heavy atom. The number of hydrogen-bond donors (Lipinski definition) is 0. The zero-order valence-corrected chi connectivity index (χ0v) is 13.9. The predicted octanol–water partition coefficient (Wildman–Crippen LogP) is 1.76. The van der Waals surface area contributed by atoms with Crippen LogP contribution in [0.15, 0.2) is 4.34 Å². The van der Waals surface area contributed by atoms with Gasteiger partial charge in [-0.3, -0.25) is 4.90 Å². The molecule has 1 saturated heterocycles. The summed E-state index contributed by atoms with van der Waals surface area (Å²) in [6.07, 6.45) is 3.63. The molecule has 0 saturated carbocycles. The molecule has 7 nitrogen and oxygen atoms in total. The maximum absolute atomic E-state index is 12.2. The van der Waals surface area contributed by atoms with Gasteiger partial charge >= 0.3 is 6.03 Å². The molecule has 1 aliphatic rings. The van der Waals surface area contributed by atoms with E-state index < -0.39 is 9.84 Å². The van der Waals surface area contributed by atoms with Gasteiger partial charge in [-0.15, -0.1) is 10.2 Å². The van der Waals surface area contributed by atoms with Crippen molar-refractivity contribution in [2.45, 2.75) is 36.9 Å². The zero-order valence-electron chi connectivity index (χ0n) is 12.3. The highest BCUT2D eigenvalue weighted by Crippen LogP contribution is 2.27. The van der Waals surface area contributed by atoms with Gasteiger partial charge in [0.15, 0.2) is 0 Å². The van der Waals surface area contributed by atoms with Crippen molar-refractivity contribution >= 4 is 32.3 Å². The fourth-order valence-corrected chi connectivity index (χ4v) is 4.57. The van der Waals surface area contributed by atoms with Crippen LogP contribution in [-0.2, 0) is 9.84 Å². The topological polar surface area (TPSA) is 83.5 Å². The molecule has 0 bridgehead atoms. The summed E-state index contributed by atoms with van der Waals surface area (Å²) < 4.78 is 24.3. The molecule has 0 N–H and O–H groups in total. The number of likely N-dealkylation sites (N-methyl/N-ethyl adjacent to an activating group) is 1. The van der Waals surface area contributed by atoms with Gasteiger partial charge in [0.25, 0.3) is 0 Å². The van der Waals surface area contributed by atoms with Crippen LogP contribution in [0.3, 0.4) is 0 Å². The number of amides is 2. The number of rotatable bonds is 7. The molecule has 1 aromatic rings. The first-order valence-corrected chi connectivity index (χ1v) is 9.51. The molecule has 2 amide bonds. The molecule has 2 heterocycles. The van der Waals surface area contributed by atoms with Crippen molar-refractivity contribution in [2.75, 3.05) is 30.8 Å². The monoisotopic (exact) mass is 332 g/mol. The lowest BCUT2D eigenvalue weighted by molar-refractivity contribution is 0.229. The summed E-state index contributed by atoms with van der Waals surface area (Å²) in [5.41, 5.74) is 0. The average Bonchev–Trinajstić information content (AvgIpc) is 3.04. The fraction of sp³-hybridized carbons (Fsp3) is 0.750. The number of hydrogen-bond acceptors (Lipinski definition) is 6. The van der Waals surface area contributed by atoms with Crippen LogP contribution < -0.4 is 4.90 Å². The van der Waals surface area contributed by atoms with E-state index in [4.69, 9.17) is 0 Å². The van der Waals surface area contributed by atoms with E-state index in [2.05, 4.69) is 17.1 Å². The van der Waals surface area contributed by atoms with Gasteiger partial charge in [-0.25, -0.2) is 13.2 Å². The number of nitrogens with zero attached hydrogens (tertiary/aromatic N) is 4. The Morgan fingerprint density at radius 1 is 1.19 bits per heavy atom. The number of anilines is 1. The molecule has 2 rings (SSSR count). The molecule has 1 fully saturated rings.